The molecule has 27 heavy (non-hydrogen) atoms. The van der Waals surface area contributed by atoms with Gasteiger partial charge in [0, 0.05) is 68.9 Å². The summed E-state index contributed by atoms with van der Waals surface area (Å²) >= 11 is 0. The van der Waals surface area contributed by atoms with Crippen LogP contribution >= 0.6 is 0 Å². The Bertz CT molecular complexity index is 806. The Morgan fingerprint density at radius 3 is 2.56 bits per heavy atom. The summed E-state index contributed by atoms with van der Waals surface area (Å²) < 4.78 is 0. The molecule has 0 aliphatic carbocycles. The normalized spacial score (nSPS) is 14.8. The average Bonchev–Trinajstić information content (AvgIpc) is 2.68. The van der Waals surface area contributed by atoms with E-state index in [0.29, 0.717) is 17.7 Å². The Morgan fingerprint density at radius 1 is 1.22 bits per heavy atom. The van der Waals surface area contributed by atoms with Crippen LogP contribution in [0.5, 0.6) is 0 Å². The van der Waals surface area contributed by atoms with Gasteiger partial charge in [0.2, 0.25) is 5.95 Å². The van der Waals surface area contributed by atoms with Crippen molar-refractivity contribution in [2.45, 2.75) is 6.92 Å². The average molecular weight is 370 g/mol. The van der Waals surface area contributed by atoms with E-state index in [-0.39, 0.29) is 11.6 Å². The van der Waals surface area contributed by atoms with Gasteiger partial charge in [0.1, 0.15) is 0 Å². The van der Waals surface area contributed by atoms with Crippen LogP contribution in [0.1, 0.15) is 15.9 Å². The Hall–Kier alpha value is -3.07. The number of rotatable bonds is 6. The van der Waals surface area contributed by atoms with Gasteiger partial charge in [-0.15, -0.1) is 0 Å². The molecular weight excluding hydrogens is 348 g/mol. The first-order valence-corrected chi connectivity index (χ1v) is 8.82. The molecule has 0 unspecified atom stereocenters. The monoisotopic (exact) mass is 370 g/mol. The van der Waals surface area contributed by atoms with Gasteiger partial charge < -0.3 is 10.2 Å². The molecule has 1 N–H and O–H groups in total. The predicted octanol–water partition coefficient (Wildman–Crippen LogP) is 1.25. The third kappa shape index (κ3) is 4.76. The highest BCUT2D eigenvalue weighted by Gasteiger charge is 2.19. The number of anilines is 1. The van der Waals surface area contributed by atoms with Gasteiger partial charge in [-0.2, -0.15) is 0 Å². The van der Waals surface area contributed by atoms with Crippen LogP contribution in [0.3, 0.4) is 0 Å². The largest absolute Gasteiger partial charge is 0.351 e. The number of aromatic nitrogens is 2. The van der Waals surface area contributed by atoms with E-state index in [9.17, 15) is 14.9 Å². The Balaban J connectivity index is 1.43. The minimum Gasteiger partial charge on any atom is -0.351 e. The summed E-state index contributed by atoms with van der Waals surface area (Å²) in [5.41, 5.74) is 0.933. The molecule has 0 spiro atoms. The molecule has 142 valence electrons. The van der Waals surface area contributed by atoms with Gasteiger partial charge in [-0.25, -0.2) is 9.97 Å². The van der Waals surface area contributed by atoms with E-state index in [1.54, 1.807) is 31.5 Å². The molecule has 1 aliphatic heterocycles. The first kappa shape index (κ1) is 18.7. The summed E-state index contributed by atoms with van der Waals surface area (Å²) in [5.74, 6) is 0.531. The Morgan fingerprint density at radius 2 is 1.93 bits per heavy atom. The molecule has 1 saturated heterocycles. The number of nitro benzene ring substituents is 1. The lowest BCUT2D eigenvalue weighted by Crippen LogP contribution is -2.49. The number of nitro groups is 1. The molecule has 1 amide bonds. The molecule has 0 atom stereocenters. The standard InChI is InChI=1S/C18H22N6O3/c1-14-13-15(3-4-16(14)24(26)27)17(25)19-7-8-22-9-11-23(12-10-22)18-20-5-2-6-21-18/h2-6,13H,7-12H2,1H3,(H,19,25). The van der Waals surface area contributed by atoms with Crippen molar-refractivity contribution in [3.05, 3.63) is 57.9 Å². The van der Waals surface area contributed by atoms with Crippen molar-refractivity contribution in [3.8, 4) is 0 Å². The molecule has 2 heterocycles. The van der Waals surface area contributed by atoms with E-state index in [0.717, 1.165) is 38.7 Å². The van der Waals surface area contributed by atoms with Crippen LogP contribution in [0, 0.1) is 17.0 Å². The lowest BCUT2D eigenvalue weighted by atomic mass is 10.1. The van der Waals surface area contributed by atoms with E-state index in [4.69, 9.17) is 0 Å². The summed E-state index contributed by atoms with van der Waals surface area (Å²) in [7, 11) is 0. The number of carbonyl (C=O) groups is 1. The number of piperazine rings is 1. The van der Waals surface area contributed by atoms with Gasteiger partial charge >= 0.3 is 0 Å². The van der Waals surface area contributed by atoms with E-state index in [1.807, 2.05) is 0 Å². The molecule has 0 saturated carbocycles. The molecule has 9 heteroatoms. The Kier molecular flexibility index (Phi) is 5.92. The van der Waals surface area contributed by atoms with Crippen molar-refractivity contribution in [3.63, 3.8) is 0 Å². The van der Waals surface area contributed by atoms with Crippen LogP contribution < -0.4 is 10.2 Å². The molecule has 1 aromatic carbocycles. The maximum Gasteiger partial charge on any atom is 0.272 e. The molecule has 1 fully saturated rings. The summed E-state index contributed by atoms with van der Waals surface area (Å²) in [6.45, 7) is 6.36. The zero-order valence-corrected chi connectivity index (χ0v) is 15.2. The fourth-order valence-corrected chi connectivity index (χ4v) is 3.06. The molecule has 9 nitrogen and oxygen atoms in total. The van der Waals surface area contributed by atoms with Crippen LogP contribution in [0.2, 0.25) is 0 Å². The first-order valence-electron chi connectivity index (χ1n) is 8.82. The van der Waals surface area contributed by atoms with Crippen LogP contribution in [0.25, 0.3) is 0 Å². The lowest BCUT2D eigenvalue weighted by molar-refractivity contribution is -0.385. The van der Waals surface area contributed by atoms with Gasteiger partial charge in [-0.3, -0.25) is 19.8 Å². The van der Waals surface area contributed by atoms with E-state index < -0.39 is 4.92 Å². The van der Waals surface area contributed by atoms with Crippen molar-refractivity contribution in [1.82, 2.24) is 20.2 Å². The highest BCUT2D eigenvalue weighted by atomic mass is 16.6. The topological polar surface area (TPSA) is 104 Å². The van der Waals surface area contributed by atoms with Gasteiger partial charge in [0.05, 0.1) is 4.92 Å². The number of hydrogen-bond donors (Lipinski definition) is 1. The van der Waals surface area contributed by atoms with Crippen molar-refractivity contribution >= 4 is 17.5 Å². The number of carbonyl (C=O) groups excluding carboxylic acids is 1. The fourth-order valence-electron chi connectivity index (χ4n) is 3.06. The minimum absolute atomic E-state index is 0.0202. The highest BCUT2D eigenvalue weighted by molar-refractivity contribution is 5.94. The second kappa shape index (κ2) is 8.54. The molecule has 0 bridgehead atoms. The second-order valence-corrected chi connectivity index (χ2v) is 6.39. The highest BCUT2D eigenvalue weighted by Crippen LogP contribution is 2.18. The molecule has 2 aromatic rings. The maximum atomic E-state index is 12.2. The van der Waals surface area contributed by atoms with Crippen LogP contribution in [-0.4, -0.2) is 65.0 Å². The fraction of sp³-hybridized carbons (Fsp3) is 0.389. The number of nitrogens with one attached hydrogen (secondary N) is 1. The van der Waals surface area contributed by atoms with Crippen LogP contribution in [0.15, 0.2) is 36.7 Å². The van der Waals surface area contributed by atoms with Gasteiger partial charge in [-0.1, -0.05) is 0 Å². The SMILES string of the molecule is Cc1cc(C(=O)NCCN2CCN(c3ncccn3)CC2)ccc1[N+](=O)[O-]. The number of hydrogen-bond acceptors (Lipinski definition) is 7. The quantitative estimate of drug-likeness (QED) is 0.602. The summed E-state index contributed by atoms with van der Waals surface area (Å²) in [4.78, 5) is 35.6. The molecule has 0 radical (unpaired) electrons. The Labute approximate surface area is 157 Å². The minimum atomic E-state index is -0.447. The van der Waals surface area contributed by atoms with Gasteiger partial charge in [-0.05, 0) is 25.1 Å². The van der Waals surface area contributed by atoms with Crippen molar-refractivity contribution < 1.29 is 9.72 Å². The van der Waals surface area contributed by atoms with E-state index >= 15 is 0 Å². The molecule has 1 aliphatic rings. The molecular formula is C18H22N6O3. The summed E-state index contributed by atoms with van der Waals surface area (Å²) in [6, 6.07) is 6.20. The third-order valence-corrected chi connectivity index (χ3v) is 4.58. The predicted molar refractivity (Wildman–Crippen MR) is 101 cm³/mol. The molecule has 1 aromatic heterocycles. The van der Waals surface area contributed by atoms with Crippen molar-refractivity contribution in [1.29, 1.82) is 0 Å². The smallest absolute Gasteiger partial charge is 0.272 e. The van der Waals surface area contributed by atoms with Crippen LogP contribution in [-0.2, 0) is 0 Å². The number of amides is 1. The lowest BCUT2D eigenvalue weighted by Gasteiger charge is -2.34. The second-order valence-electron chi connectivity index (χ2n) is 6.39. The zero-order valence-electron chi connectivity index (χ0n) is 15.2. The summed E-state index contributed by atoms with van der Waals surface area (Å²) in [5, 5.41) is 13.7. The number of benzene rings is 1. The zero-order chi connectivity index (χ0) is 19.2. The summed E-state index contributed by atoms with van der Waals surface area (Å²) in [6.07, 6.45) is 3.48. The van der Waals surface area contributed by atoms with Crippen LogP contribution in [0.4, 0.5) is 11.6 Å². The first-order chi connectivity index (χ1) is 13.0. The maximum absolute atomic E-state index is 12.2. The molecule has 3 rings (SSSR count). The number of nitrogens with zero attached hydrogens (tertiary/aromatic N) is 5. The third-order valence-electron chi connectivity index (χ3n) is 4.58. The van der Waals surface area contributed by atoms with Gasteiger partial charge in [0.25, 0.3) is 11.6 Å². The number of aryl methyl sites for hydroxylation is 1. The van der Waals surface area contributed by atoms with E-state index in [2.05, 4.69) is 25.1 Å². The van der Waals surface area contributed by atoms with E-state index in [1.165, 1.54) is 12.1 Å². The van der Waals surface area contributed by atoms with Crippen molar-refractivity contribution in [2.24, 2.45) is 0 Å². The van der Waals surface area contributed by atoms with Gasteiger partial charge in [0.15, 0.2) is 0 Å². The van der Waals surface area contributed by atoms with Crippen molar-refractivity contribution in [2.75, 3.05) is 44.2 Å².